The molecule has 4 heteroatoms. The van der Waals surface area contributed by atoms with Crippen LogP contribution < -0.4 is 5.32 Å². The number of fused-ring (bicyclic) bond motifs is 1. The number of aromatic nitrogens is 1. The van der Waals surface area contributed by atoms with E-state index in [0.29, 0.717) is 0 Å². The minimum absolute atomic E-state index is 0.169. The van der Waals surface area contributed by atoms with Crippen molar-refractivity contribution in [1.82, 2.24) is 10.3 Å². The molecule has 0 spiro atoms. The maximum atomic E-state index is 13.1. The topological polar surface area (TPSA) is 48.0 Å². The molecule has 3 nitrogen and oxygen atoms in total. The van der Waals surface area contributed by atoms with Gasteiger partial charge in [-0.3, -0.25) is 0 Å². The number of benzene rings is 1. The highest BCUT2D eigenvalue weighted by molar-refractivity contribution is 5.83. The van der Waals surface area contributed by atoms with Crippen LogP contribution in [0.4, 0.5) is 4.39 Å². The number of hydrogen-bond donors (Lipinski definition) is 3. The third-order valence-corrected chi connectivity index (χ3v) is 3.15. The molecule has 0 fully saturated rings. The average Bonchev–Trinajstić information content (AvgIpc) is 2.71. The first-order valence-corrected chi connectivity index (χ1v) is 6.26. The lowest BCUT2D eigenvalue weighted by atomic mass is 10.1. The zero-order valence-electron chi connectivity index (χ0n) is 10.7. The summed E-state index contributed by atoms with van der Waals surface area (Å²) < 4.78 is 13.1. The first kappa shape index (κ1) is 13.1. The monoisotopic (exact) mass is 250 g/mol. The van der Waals surface area contributed by atoms with Crippen molar-refractivity contribution in [2.75, 3.05) is 6.54 Å². The summed E-state index contributed by atoms with van der Waals surface area (Å²) in [6, 6.07) is 4.94. The van der Waals surface area contributed by atoms with E-state index < -0.39 is 0 Å². The van der Waals surface area contributed by atoms with Crippen LogP contribution in [-0.2, 0) is 0 Å². The molecule has 0 aliphatic heterocycles. The molecule has 1 heterocycles. The number of rotatable bonds is 5. The molecule has 0 radical (unpaired) electrons. The molecule has 2 rings (SSSR count). The molecule has 0 aliphatic rings. The van der Waals surface area contributed by atoms with Crippen LogP contribution >= 0.6 is 0 Å². The first-order valence-electron chi connectivity index (χ1n) is 6.26. The summed E-state index contributed by atoms with van der Waals surface area (Å²) in [4.78, 5) is 3.08. The second kappa shape index (κ2) is 5.50. The summed E-state index contributed by atoms with van der Waals surface area (Å²) in [5, 5.41) is 13.6. The van der Waals surface area contributed by atoms with Crippen molar-refractivity contribution in [1.29, 1.82) is 0 Å². The van der Waals surface area contributed by atoms with Crippen LogP contribution in [0.5, 0.6) is 0 Å². The molecule has 2 aromatic rings. The van der Waals surface area contributed by atoms with Gasteiger partial charge in [0.05, 0.1) is 6.10 Å². The minimum Gasteiger partial charge on any atom is -0.393 e. The molecule has 98 valence electrons. The number of aliphatic hydroxyl groups excluding tert-OH is 1. The van der Waals surface area contributed by atoms with Gasteiger partial charge in [0.15, 0.2) is 0 Å². The van der Waals surface area contributed by atoms with E-state index in [4.69, 9.17) is 0 Å². The summed E-state index contributed by atoms with van der Waals surface area (Å²) in [6.07, 6.45) is 2.34. The van der Waals surface area contributed by atoms with E-state index >= 15 is 0 Å². The Balaban J connectivity index is 2.10. The van der Waals surface area contributed by atoms with Gasteiger partial charge in [-0.25, -0.2) is 4.39 Å². The number of aromatic amines is 1. The molecular formula is C14H19FN2O. The molecule has 0 aliphatic carbocycles. The van der Waals surface area contributed by atoms with E-state index in [1.54, 1.807) is 13.0 Å². The highest BCUT2D eigenvalue weighted by Gasteiger charge is 2.11. The molecule has 0 amide bonds. The fourth-order valence-corrected chi connectivity index (χ4v) is 2.10. The van der Waals surface area contributed by atoms with Crippen molar-refractivity contribution in [2.24, 2.45) is 0 Å². The van der Waals surface area contributed by atoms with Gasteiger partial charge in [0, 0.05) is 23.1 Å². The Kier molecular flexibility index (Phi) is 3.99. The third kappa shape index (κ3) is 2.89. The standard InChI is InChI=1S/C14H19FN2O/c1-9(18)5-6-16-10(2)13-8-17-14-7-11(15)3-4-12(13)14/h3-4,7-10,16-18H,5-6H2,1-2H3. The molecule has 0 bridgehead atoms. The Morgan fingerprint density at radius 1 is 1.39 bits per heavy atom. The van der Waals surface area contributed by atoms with Gasteiger partial charge in [-0.1, -0.05) is 0 Å². The normalized spacial score (nSPS) is 14.9. The Morgan fingerprint density at radius 2 is 2.17 bits per heavy atom. The molecule has 2 unspecified atom stereocenters. The highest BCUT2D eigenvalue weighted by atomic mass is 19.1. The summed E-state index contributed by atoms with van der Waals surface area (Å²) in [5.41, 5.74) is 1.93. The van der Waals surface area contributed by atoms with Crippen LogP contribution in [0.1, 0.15) is 31.9 Å². The summed E-state index contributed by atoms with van der Waals surface area (Å²) in [5.74, 6) is -0.231. The van der Waals surface area contributed by atoms with Gasteiger partial charge >= 0.3 is 0 Å². The Labute approximate surface area is 106 Å². The van der Waals surface area contributed by atoms with Crippen LogP contribution in [0.3, 0.4) is 0 Å². The fourth-order valence-electron chi connectivity index (χ4n) is 2.10. The first-order chi connectivity index (χ1) is 8.58. The number of nitrogens with one attached hydrogen (secondary N) is 2. The smallest absolute Gasteiger partial charge is 0.125 e. The van der Waals surface area contributed by atoms with Crippen LogP contribution in [0.25, 0.3) is 10.9 Å². The molecule has 18 heavy (non-hydrogen) atoms. The Hall–Kier alpha value is -1.39. The van der Waals surface area contributed by atoms with Gasteiger partial charge in [-0.05, 0) is 50.6 Å². The predicted molar refractivity (Wildman–Crippen MR) is 71.0 cm³/mol. The van der Waals surface area contributed by atoms with Crippen LogP contribution in [0.2, 0.25) is 0 Å². The third-order valence-electron chi connectivity index (χ3n) is 3.15. The largest absolute Gasteiger partial charge is 0.393 e. The van der Waals surface area contributed by atoms with E-state index in [2.05, 4.69) is 17.2 Å². The highest BCUT2D eigenvalue weighted by Crippen LogP contribution is 2.24. The molecule has 0 saturated heterocycles. The van der Waals surface area contributed by atoms with Gasteiger partial charge in [-0.15, -0.1) is 0 Å². The van der Waals surface area contributed by atoms with Crippen molar-refractivity contribution in [3.63, 3.8) is 0 Å². The van der Waals surface area contributed by atoms with E-state index in [-0.39, 0.29) is 18.0 Å². The molecule has 3 N–H and O–H groups in total. The SMILES string of the molecule is CC(O)CCNC(C)c1c[nH]c2cc(F)ccc12. The van der Waals surface area contributed by atoms with Crippen molar-refractivity contribution < 1.29 is 9.50 Å². The van der Waals surface area contributed by atoms with Crippen molar-refractivity contribution in [2.45, 2.75) is 32.4 Å². The number of H-pyrrole nitrogens is 1. The molecular weight excluding hydrogens is 231 g/mol. The van der Waals surface area contributed by atoms with E-state index in [0.717, 1.165) is 29.4 Å². The van der Waals surface area contributed by atoms with Gasteiger partial charge in [-0.2, -0.15) is 0 Å². The van der Waals surface area contributed by atoms with Crippen molar-refractivity contribution in [3.05, 3.63) is 35.8 Å². The zero-order chi connectivity index (χ0) is 13.1. The molecule has 1 aromatic heterocycles. The lowest BCUT2D eigenvalue weighted by Gasteiger charge is -2.14. The lowest BCUT2D eigenvalue weighted by Crippen LogP contribution is -2.22. The lowest BCUT2D eigenvalue weighted by molar-refractivity contribution is 0.182. The van der Waals surface area contributed by atoms with Crippen LogP contribution in [0, 0.1) is 5.82 Å². The Bertz CT molecular complexity index is 521. The predicted octanol–water partition coefficient (Wildman–Crippen LogP) is 2.73. The zero-order valence-corrected chi connectivity index (χ0v) is 10.7. The van der Waals surface area contributed by atoms with Crippen molar-refractivity contribution >= 4 is 10.9 Å². The fraction of sp³-hybridized carbons (Fsp3) is 0.429. The number of halogens is 1. The maximum absolute atomic E-state index is 13.1. The van der Waals surface area contributed by atoms with Crippen LogP contribution in [0.15, 0.2) is 24.4 Å². The molecule has 2 atom stereocenters. The Morgan fingerprint density at radius 3 is 2.89 bits per heavy atom. The van der Waals surface area contributed by atoms with Gasteiger partial charge in [0.1, 0.15) is 5.82 Å². The van der Waals surface area contributed by atoms with E-state index in [1.807, 2.05) is 6.20 Å². The molecule has 1 aromatic carbocycles. The van der Waals surface area contributed by atoms with Gasteiger partial charge in [0.2, 0.25) is 0 Å². The quantitative estimate of drug-likeness (QED) is 0.764. The maximum Gasteiger partial charge on any atom is 0.125 e. The number of aliphatic hydroxyl groups is 1. The summed E-state index contributed by atoms with van der Waals surface area (Å²) in [6.45, 7) is 4.60. The summed E-state index contributed by atoms with van der Waals surface area (Å²) >= 11 is 0. The van der Waals surface area contributed by atoms with Gasteiger partial charge in [0.25, 0.3) is 0 Å². The second-order valence-corrected chi connectivity index (χ2v) is 4.75. The van der Waals surface area contributed by atoms with E-state index in [1.165, 1.54) is 12.1 Å². The average molecular weight is 250 g/mol. The summed E-state index contributed by atoms with van der Waals surface area (Å²) in [7, 11) is 0. The minimum atomic E-state index is -0.290. The number of hydrogen-bond acceptors (Lipinski definition) is 2. The van der Waals surface area contributed by atoms with Crippen LogP contribution in [-0.4, -0.2) is 22.7 Å². The van der Waals surface area contributed by atoms with Gasteiger partial charge < -0.3 is 15.4 Å². The van der Waals surface area contributed by atoms with Crippen molar-refractivity contribution in [3.8, 4) is 0 Å². The van der Waals surface area contributed by atoms with E-state index in [9.17, 15) is 9.50 Å². The molecule has 0 saturated carbocycles. The second-order valence-electron chi connectivity index (χ2n) is 4.75.